The van der Waals surface area contributed by atoms with Gasteiger partial charge < -0.3 is 14.8 Å². The van der Waals surface area contributed by atoms with Gasteiger partial charge in [0.1, 0.15) is 5.75 Å². The molecule has 0 heterocycles. The minimum absolute atomic E-state index is 0.0573. The predicted molar refractivity (Wildman–Crippen MR) is 101 cm³/mol. The average Bonchev–Trinajstić information content (AvgIpc) is 2.67. The molecule has 0 radical (unpaired) electrons. The van der Waals surface area contributed by atoms with Gasteiger partial charge in [-0.25, -0.2) is 0 Å². The summed E-state index contributed by atoms with van der Waals surface area (Å²) in [7, 11) is 1.38. The molecule has 2 aromatic rings. The molecule has 8 nitrogen and oxygen atoms in total. The van der Waals surface area contributed by atoms with Gasteiger partial charge >= 0.3 is 5.97 Å². The predicted octanol–water partition coefficient (Wildman–Crippen LogP) is 3.27. The number of methoxy groups -OCH3 is 1. The lowest BCUT2D eigenvalue weighted by atomic mass is 10.2. The molecule has 0 bridgehead atoms. The molecule has 0 aromatic heterocycles. The quantitative estimate of drug-likeness (QED) is 0.319. The second-order valence-corrected chi connectivity index (χ2v) is 6.41. The van der Waals surface area contributed by atoms with Crippen LogP contribution in [0.2, 0.25) is 0 Å². The van der Waals surface area contributed by atoms with Crippen LogP contribution in [0, 0.1) is 10.1 Å². The third-order valence-electron chi connectivity index (χ3n) is 3.43. The highest BCUT2D eigenvalue weighted by molar-refractivity contribution is 8.00. The largest absolute Gasteiger partial charge is 0.495 e. The number of ether oxygens (including phenoxy) is 2. The number of amides is 1. The number of non-ortho nitro benzene ring substituents is 1. The van der Waals surface area contributed by atoms with Crippen LogP contribution in [0.15, 0.2) is 53.4 Å². The number of anilines is 1. The maximum absolute atomic E-state index is 12.3. The van der Waals surface area contributed by atoms with Gasteiger partial charge in [-0.2, -0.15) is 0 Å². The van der Waals surface area contributed by atoms with Crippen LogP contribution in [-0.2, 0) is 14.3 Å². The van der Waals surface area contributed by atoms with Crippen LogP contribution in [-0.4, -0.2) is 35.8 Å². The summed E-state index contributed by atoms with van der Waals surface area (Å²) in [6.07, 6.45) is -1.07. The number of nitro groups is 1. The Morgan fingerprint density at radius 2 is 1.93 bits per heavy atom. The van der Waals surface area contributed by atoms with E-state index in [1.165, 1.54) is 44.0 Å². The normalized spacial score (nSPS) is 11.3. The average molecular weight is 390 g/mol. The van der Waals surface area contributed by atoms with Crippen LogP contribution in [0.1, 0.15) is 6.92 Å². The molecule has 27 heavy (non-hydrogen) atoms. The molecule has 142 valence electrons. The van der Waals surface area contributed by atoms with Crippen LogP contribution in [0.5, 0.6) is 5.75 Å². The van der Waals surface area contributed by atoms with E-state index in [0.717, 1.165) is 4.90 Å². The number of nitrogens with zero attached hydrogens (tertiary/aromatic N) is 1. The molecule has 1 amide bonds. The van der Waals surface area contributed by atoms with Crippen molar-refractivity contribution in [1.82, 2.24) is 0 Å². The Hall–Kier alpha value is -3.07. The Morgan fingerprint density at radius 3 is 2.56 bits per heavy atom. The number of rotatable bonds is 8. The summed E-state index contributed by atoms with van der Waals surface area (Å²) in [4.78, 5) is 35.4. The Balaban J connectivity index is 1.94. The molecule has 0 unspecified atom stereocenters. The van der Waals surface area contributed by atoms with Crippen molar-refractivity contribution in [2.45, 2.75) is 17.9 Å². The van der Waals surface area contributed by atoms with Gasteiger partial charge in [-0.05, 0) is 25.1 Å². The zero-order valence-electron chi connectivity index (χ0n) is 14.7. The topological polar surface area (TPSA) is 108 Å². The van der Waals surface area contributed by atoms with Gasteiger partial charge in [0.15, 0.2) is 6.10 Å². The van der Waals surface area contributed by atoms with E-state index in [0.29, 0.717) is 0 Å². The lowest BCUT2D eigenvalue weighted by Crippen LogP contribution is -2.30. The van der Waals surface area contributed by atoms with Crippen LogP contribution in [0.3, 0.4) is 0 Å². The van der Waals surface area contributed by atoms with E-state index in [4.69, 9.17) is 9.47 Å². The molecule has 0 aliphatic heterocycles. The van der Waals surface area contributed by atoms with E-state index >= 15 is 0 Å². The van der Waals surface area contributed by atoms with Gasteiger partial charge in [-0.1, -0.05) is 18.2 Å². The first-order valence-electron chi connectivity index (χ1n) is 7.91. The van der Waals surface area contributed by atoms with Crippen molar-refractivity contribution < 1.29 is 24.0 Å². The molecule has 1 N–H and O–H groups in total. The van der Waals surface area contributed by atoms with Gasteiger partial charge in [0.25, 0.3) is 11.6 Å². The van der Waals surface area contributed by atoms with Crippen LogP contribution in [0.25, 0.3) is 0 Å². The minimum atomic E-state index is -1.07. The molecule has 0 saturated heterocycles. The van der Waals surface area contributed by atoms with E-state index in [2.05, 4.69) is 5.32 Å². The molecule has 0 spiro atoms. The molecule has 0 fully saturated rings. The van der Waals surface area contributed by atoms with Gasteiger partial charge in [0, 0.05) is 17.0 Å². The fourth-order valence-corrected chi connectivity index (χ4v) is 2.79. The summed E-state index contributed by atoms with van der Waals surface area (Å²) >= 11 is 1.30. The van der Waals surface area contributed by atoms with E-state index in [1.54, 1.807) is 0 Å². The van der Waals surface area contributed by atoms with Gasteiger partial charge in [0.05, 0.1) is 23.5 Å². The molecule has 0 saturated carbocycles. The smallest absolute Gasteiger partial charge is 0.317 e. The second-order valence-electron chi connectivity index (χ2n) is 5.36. The van der Waals surface area contributed by atoms with E-state index < -0.39 is 22.9 Å². The van der Waals surface area contributed by atoms with Crippen molar-refractivity contribution >= 4 is 35.0 Å². The van der Waals surface area contributed by atoms with E-state index in [-0.39, 0.29) is 22.9 Å². The number of nitro benzene ring substituents is 1. The zero-order valence-corrected chi connectivity index (χ0v) is 15.5. The highest BCUT2D eigenvalue weighted by Gasteiger charge is 2.20. The zero-order chi connectivity index (χ0) is 19.8. The molecule has 2 aromatic carbocycles. The maximum Gasteiger partial charge on any atom is 0.317 e. The Labute approximate surface area is 160 Å². The van der Waals surface area contributed by atoms with Gasteiger partial charge in [-0.15, -0.1) is 11.8 Å². The number of nitrogens with one attached hydrogen (secondary N) is 1. The van der Waals surface area contributed by atoms with Crippen molar-refractivity contribution in [3.8, 4) is 5.75 Å². The number of carbonyl (C=O) groups is 2. The maximum atomic E-state index is 12.3. The number of esters is 1. The van der Waals surface area contributed by atoms with Crippen molar-refractivity contribution in [3.63, 3.8) is 0 Å². The Bertz CT molecular complexity index is 828. The molecule has 1 atom stereocenters. The van der Waals surface area contributed by atoms with E-state index in [9.17, 15) is 19.7 Å². The van der Waals surface area contributed by atoms with Crippen LogP contribution < -0.4 is 10.1 Å². The fraction of sp³-hybridized carbons (Fsp3) is 0.222. The molecular formula is C18H18N2O6S. The molecular weight excluding hydrogens is 372 g/mol. The lowest BCUT2D eigenvalue weighted by molar-refractivity contribution is -0.384. The lowest BCUT2D eigenvalue weighted by Gasteiger charge is -2.15. The monoisotopic (exact) mass is 390 g/mol. The summed E-state index contributed by atoms with van der Waals surface area (Å²) in [5.41, 5.74) is -0.0757. The number of benzene rings is 2. The summed E-state index contributed by atoms with van der Waals surface area (Å²) in [5, 5.41) is 13.4. The number of thioether (sulfide) groups is 1. The van der Waals surface area contributed by atoms with E-state index in [1.807, 2.05) is 30.3 Å². The summed E-state index contributed by atoms with van der Waals surface area (Å²) in [5.74, 6) is -0.849. The first kappa shape index (κ1) is 20.2. The fourth-order valence-electron chi connectivity index (χ4n) is 2.09. The number of hydrogen-bond donors (Lipinski definition) is 1. The molecule has 0 aliphatic rings. The summed E-state index contributed by atoms with van der Waals surface area (Å²) in [6.45, 7) is 1.42. The summed E-state index contributed by atoms with van der Waals surface area (Å²) in [6, 6.07) is 13.1. The van der Waals surface area contributed by atoms with Crippen molar-refractivity contribution in [3.05, 3.63) is 58.6 Å². The van der Waals surface area contributed by atoms with Crippen molar-refractivity contribution in [2.75, 3.05) is 18.2 Å². The van der Waals surface area contributed by atoms with Gasteiger partial charge in [0.2, 0.25) is 0 Å². The second kappa shape index (κ2) is 9.58. The SMILES string of the molecule is COc1ccc([N+](=O)[O-])cc1NC(=O)[C@@H](C)OC(=O)CSc1ccccc1. The number of hydrogen-bond acceptors (Lipinski definition) is 7. The van der Waals surface area contributed by atoms with Crippen molar-refractivity contribution in [1.29, 1.82) is 0 Å². The number of carbonyl (C=O) groups excluding carboxylic acids is 2. The third kappa shape index (κ3) is 6.00. The van der Waals surface area contributed by atoms with Crippen molar-refractivity contribution in [2.24, 2.45) is 0 Å². The molecule has 9 heteroatoms. The Kier molecular flexibility index (Phi) is 7.18. The minimum Gasteiger partial charge on any atom is -0.495 e. The summed E-state index contributed by atoms with van der Waals surface area (Å²) < 4.78 is 10.2. The Morgan fingerprint density at radius 1 is 1.22 bits per heavy atom. The van der Waals surface area contributed by atoms with Crippen LogP contribution >= 0.6 is 11.8 Å². The van der Waals surface area contributed by atoms with Crippen LogP contribution in [0.4, 0.5) is 11.4 Å². The van der Waals surface area contributed by atoms with Gasteiger partial charge in [-0.3, -0.25) is 19.7 Å². The standard InChI is InChI=1S/C18H18N2O6S/c1-12(26-17(21)11-27-14-6-4-3-5-7-14)18(22)19-15-10-13(20(23)24)8-9-16(15)25-2/h3-10,12H,11H2,1-2H3,(H,19,22)/t12-/m1/s1. The highest BCUT2D eigenvalue weighted by atomic mass is 32.2. The highest BCUT2D eigenvalue weighted by Crippen LogP contribution is 2.29. The first-order chi connectivity index (χ1) is 12.9. The third-order valence-corrected chi connectivity index (χ3v) is 4.41. The first-order valence-corrected chi connectivity index (χ1v) is 8.90. The molecule has 2 rings (SSSR count). The molecule has 0 aliphatic carbocycles.